The van der Waals surface area contributed by atoms with Crippen molar-refractivity contribution in [3.63, 3.8) is 0 Å². The Morgan fingerprint density at radius 1 is 1.08 bits per heavy atom. The highest BCUT2D eigenvalue weighted by molar-refractivity contribution is 5.94. The van der Waals surface area contributed by atoms with E-state index in [1.165, 1.54) is 6.42 Å². The minimum atomic E-state index is -0.106. The lowest BCUT2D eigenvalue weighted by Gasteiger charge is -2.19. The van der Waals surface area contributed by atoms with Crippen LogP contribution in [0.25, 0.3) is 0 Å². The van der Waals surface area contributed by atoms with Crippen LogP contribution in [-0.4, -0.2) is 33.7 Å². The standard InChI is InChI=1S/C21H28N2O3/c1-5-6-13-23(2)18-10-7-16(8-11-18)21(24)22-15-17-9-12-19(25-3)14-20(17)26-4/h7-12,14H,5-6,13,15H2,1-4H3,(H,22,24). The molecule has 1 amide bonds. The number of carbonyl (C=O) groups excluding carboxylic acids is 1. The fourth-order valence-electron chi connectivity index (χ4n) is 2.67. The predicted molar refractivity (Wildman–Crippen MR) is 105 cm³/mol. The Bertz CT molecular complexity index is 714. The molecule has 0 atom stereocenters. The summed E-state index contributed by atoms with van der Waals surface area (Å²) in [6.45, 7) is 3.59. The Hall–Kier alpha value is -2.69. The molecule has 2 aromatic rings. The zero-order valence-electron chi connectivity index (χ0n) is 16.0. The topological polar surface area (TPSA) is 50.8 Å². The number of nitrogens with zero attached hydrogens (tertiary/aromatic N) is 1. The molecule has 2 rings (SSSR count). The molecule has 5 nitrogen and oxygen atoms in total. The van der Waals surface area contributed by atoms with Crippen molar-refractivity contribution >= 4 is 11.6 Å². The van der Waals surface area contributed by atoms with Crippen LogP contribution in [0.1, 0.15) is 35.7 Å². The third-order valence-electron chi connectivity index (χ3n) is 4.35. The second-order valence-electron chi connectivity index (χ2n) is 6.18. The van der Waals surface area contributed by atoms with Crippen LogP contribution >= 0.6 is 0 Å². The van der Waals surface area contributed by atoms with Crippen molar-refractivity contribution in [3.05, 3.63) is 53.6 Å². The fourth-order valence-corrected chi connectivity index (χ4v) is 2.67. The first-order valence-corrected chi connectivity index (χ1v) is 8.89. The number of benzene rings is 2. The van der Waals surface area contributed by atoms with Gasteiger partial charge in [0.25, 0.3) is 5.91 Å². The zero-order valence-corrected chi connectivity index (χ0v) is 16.0. The number of ether oxygens (including phenoxy) is 2. The number of carbonyl (C=O) groups is 1. The number of hydrogen-bond donors (Lipinski definition) is 1. The van der Waals surface area contributed by atoms with Crippen LogP contribution < -0.4 is 19.7 Å². The molecule has 2 aromatic carbocycles. The summed E-state index contributed by atoms with van der Waals surface area (Å²) in [6.07, 6.45) is 2.32. The van der Waals surface area contributed by atoms with E-state index < -0.39 is 0 Å². The predicted octanol–water partition coefficient (Wildman–Crippen LogP) is 3.87. The first kappa shape index (κ1) is 19.6. The summed E-state index contributed by atoms with van der Waals surface area (Å²) in [5.74, 6) is 1.31. The summed E-state index contributed by atoms with van der Waals surface area (Å²) in [7, 11) is 5.29. The largest absolute Gasteiger partial charge is 0.497 e. The van der Waals surface area contributed by atoms with Crippen LogP contribution in [0.5, 0.6) is 11.5 Å². The van der Waals surface area contributed by atoms with E-state index in [0.29, 0.717) is 17.9 Å². The van der Waals surface area contributed by atoms with Crippen LogP contribution in [0.4, 0.5) is 5.69 Å². The first-order valence-electron chi connectivity index (χ1n) is 8.89. The maximum absolute atomic E-state index is 12.4. The molecule has 0 heterocycles. The maximum atomic E-state index is 12.4. The van der Waals surface area contributed by atoms with Crippen LogP contribution in [0.2, 0.25) is 0 Å². The fraction of sp³-hybridized carbons (Fsp3) is 0.381. The summed E-state index contributed by atoms with van der Waals surface area (Å²) in [5, 5.41) is 2.94. The minimum Gasteiger partial charge on any atom is -0.497 e. The molecule has 0 unspecified atom stereocenters. The first-order chi connectivity index (χ1) is 12.6. The number of anilines is 1. The lowest BCUT2D eigenvalue weighted by atomic mass is 10.1. The van der Waals surface area contributed by atoms with E-state index in [0.717, 1.165) is 30.0 Å². The van der Waals surface area contributed by atoms with E-state index in [4.69, 9.17) is 9.47 Å². The van der Waals surface area contributed by atoms with Crippen LogP contribution in [0, 0.1) is 0 Å². The summed E-state index contributed by atoms with van der Waals surface area (Å²) >= 11 is 0. The van der Waals surface area contributed by atoms with Gasteiger partial charge in [-0.05, 0) is 42.8 Å². The van der Waals surface area contributed by atoms with Gasteiger partial charge in [0, 0.05) is 43.0 Å². The quantitative estimate of drug-likeness (QED) is 0.741. The smallest absolute Gasteiger partial charge is 0.251 e. The minimum absolute atomic E-state index is 0.106. The molecule has 0 aromatic heterocycles. The molecule has 0 aliphatic heterocycles. The van der Waals surface area contributed by atoms with Gasteiger partial charge in [-0.3, -0.25) is 4.79 Å². The molecule has 26 heavy (non-hydrogen) atoms. The van der Waals surface area contributed by atoms with Gasteiger partial charge >= 0.3 is 0 Å². The molecule has 140 valence electrons. The summed E-state index contributed by atoms with van der Waals surface area (Å²) in [5.41, 5.74) is 2.66. The van der Waals surface area contributed by atoms with Gasteiger partial charge in [-0.2, -0.15) is 0 Å². The number of methoxy groups -OCH3 is 2. The van der Waals surface area contributed by atoms with Gasteiger partial charge in [-0.25, -0.2) is 0 Å². The van der Waals surface area contributed by atoms with E-state index in [1.54, 1.807) is 14.2 Å². The lowest BCUT2D eigenvalue weighted by Crippen LogP contribution is -2.23. The maximum Gasteiger partial charge on any atom is 0.251 e. The molecule has 0 fully saturated rings. The van der Waals surface area contributed by atoms with E-state index in [1.807, 2.05) is 42.5 Å². The molecule has 0 radical (unpaired) electrons. The van der Waals surface area contributed by atoms with E-state index in [9.17, 15) is 4.79 Å². The Morgan fingerprint density at radius 2 is 1.81 bits per heavy atom. The number of rotatable bonds is 9. The summed E-state index contributed by atoms with van der Waals surface area (Å²) < 4.78 is 10.6. The van der Waals surface area contributed by atoms with E-state index in [2.05, 4.69) is 24.2 Å². The number of nitrogens with one attached hydrogen (secondary N) is 1. The van der Waals surface area contributed by atoms with Crippen molar-refractivity contribution in [1.29, 1.82) is 0 Å². The molecule has 0 aliphatic rings. The monoisotopic (exact) mass is 356 g/mol. The Balaban J connectivity index is 1.98. The van der Waals surface area contributed by atoms with Gasteiger partial charge in [-0.1, -0.05) is 13.3 Å². The van der Waals surface area contributed by atoms with Crippen LogP contribution in [0.3, 0.4) is 0 Å². The Morgan fingerprint density at radius 3 is 2.42 bits per heavy atom. The van der Waals surface area contributed by atoms with E-state index in [-0.39, 0.29) is 5.91 Å². The molecular weight excluding hydrogens is 328 g/mol. The average Bonchev–Trinajstić information content (AvgIpc) is 2.70. The van der Waals surface area contributed by atoms with Crippen LogP contribution in [0.15, 0.2) is 42.5 Å². The Kier molecular flexibility index (Phi) is 7.33. The average molecular weight is 356 g/mol. The normalized spacial score (nSPS) is 10.3. The van der Waals surface area contributed by atoms with Gasteiger partial charge in [0.15, 0.2) is 0 Å². The lowest BCUT2D eigenvalue weighted by molar-refractivity contribution is 0.0950. The highest BCUT2D eigenvalue weighted by Crippen LogP contribution is 2.24. The SMILES string of the molecule is CCCCN(C)c1ccc(C(=O)NCc2ccc(OC)cc2OC)cc1. The number of unbranched alkanes of at least 4 members (excludes halogenated alkanes) is 1. The van der Waals surface area contributed by atoms with Gasteiger partial charge in [0.2, 0.25) is 0 Å². The Labute approximate surface area is 155 Å². The van der Waals surface area contributed by atoms with Crippen molar-refractivity contribution in [2.24, 2.45) is 0 Å². The van der Waals surface area contributed by atoms with Crippen molar-refractivity contribution in [2.75, 3.05) is 32.7 Å². The van der Waals surface area contributed by atoms with Crippen molar-refractivity contribution in [1.82, 2.24) is 5.32 Å². The van der Waals surface area contributed by atoms with Gasteiger partial charge in [0.05, 0.1) is 14.2 Å². The van der Waals surface area contributed by atoms with Crippen molar-refractivity contribution in [3.8, 4) is 11.5 Å². The highest BCUT2D eigenvalue weighted by atomic mass is 16.5. The number of hydrogen-bond acceptors (Lipinski definition) is 4. The van der Waals surface area contributed by atoms with Gasteiger partial charge in [-0.15, -0.1) is 0 Å². The molecule has 0 aliphatic carbocycles. The molecule has 0 spiro atoms. The van der Waals surface area contributed by atoms with Gasteiger partial charge < -0.3 is 19.7 Å². The highest BCUT2D eigenvalue weighted by Gasteiger charge is 2.09. The molecule has 0 saturated heterocycles. The molecular formula is C21H28N2O3. The molecule has 0 saturated carbocycles. The third-order valence-corrected chi connectivity index (χ3v) is 4.35. The van der Waals surface area contributed by atoms with Crippen molar-refractivity contribution in [2.45, 2.75) is 26.3 Å². The summed E-state index contributed by atoms with van der Waals surface area (Å²) in [6, 6.07) is 13.2. The van der Waals surface area contributed by atoms with E-state index >= 15 is 0 Å². The second-order valence-corrected chi connectivity index (χ2v) is 6.18. The van der Waals surface area contributed by atoms with Crippen molar-refractivity contribution < 1.29 is 14.3 Å². The summed E-state index contributed by atoms with van der Waals surface area (Å²) in [4.78, 5) is 14.6. The second kappa shape index (κ2) is 9.70. The zero-order chi connectivity index (χ0) is 18.9. The molecule has 0 bridgehead atoms. The molecule has 1 N–H and O–H groups in total. The third kappa shape index (κ3) is 5.15. The van der Waals surface area contributed by atoms with Crippen LogP contribution in [-0.2, 0) is 6.54 Å². The molecule has 5 heteroatoms. The van der Waals surface area contributed by atoms with Gasteiger partial charge in [0.1, 0.15) is 11.5 Å². The number of amides is 1.